The van der Waals surface area contributed by atoms with Gasteiger partial charge < -0.3 is 10.8 Å². The van der Waals surface area contributed by atoms with E-state index in [4.69, 9.17) is 22.4 Å². The molecule has 2 aromatic carbocycles. The largest absolute Gasteiger partial charge is 0.505 e. The van der Waals surface area contributed by atoms with Crippen molar-refractivity contribution in [2.24, 2.45) is 0 Å². The molecular weight excluding hydrogens is 381 g/mol. The quantitative estimate of drug-likeness (QED) is 0.537. The third kappa shape index (κ3) is 2.51. The second kappa shape index (κ2) is 6.17. The van der Waals surface area contributed by atoms with Crippen molar-refractivity contribution in [3.05, 3.63) is 64.7 Å². The van der Waals surface area contributed by atoms with Gasteiger partial charge in [-0.3, -0.25) is 0 Å². The third-order valence-electron chi connectivity index (χ3n) is 5.18. The van der Waals surface area contributed by atoms with E-state index in [-0.39, 0.29) is 16.9 Å². The average Bonchev–Trinajstić information content (AvgIpc) is 3.27. The number of halogens is 2. The van der Waals surface area contributed by atoms with E-state index in [1.165, 1.54) is 29.6 Å². The molecule has 2 aromatic heterocycles. The predicted molar refractivity (Wildman–Crippen MR) is 105 cm³/mol. The standard InChI is InChI=1S/C20H15ClFN5O/c21-14-7-12(8-15(28)17(14)22)18-16-19(23)24-9-25-20(16)27(26-18)13-5-10-3-1-2-4-11(10)6-13/h1-4,7-9,13,28H,5-6H2,(H2,23,24,25). The van der Waals surface area contributed by atoms with Gasteiger partial charge in [-0.1, -0.05) is 35.9 Å². The SMILES string of the molecule is Nc1ncnc2c1c(-c1cc(O)c(F)c(Cl)c1)nn2C1Cc2ccccc2C1. The summed E-state index contributed by atoms with van der Waals surface area (Å²) in [4.78, 5) is 8.48. The Morgan fingerprint density at radius 3 is 2.54 bits per heavy atom. The van der Waals surface area contributed by atoms with Crippen molar-refractivity contribution in [3.63, 3.8) is 0 Å². The Kier molecular flexibility index (Phi) is 3.73. The van der Waals surface area contributed by atoms with E-state index < -0.39 is 11.6 Å². The lowest BCUT2D eigenvalue weighted by Gasteiger charge is -2.10. The maximum atomic E-state index is 13.8. The van der Waals surface area contributed by atoms with E-state index in [2.05, 4.69) is 22.1 Å². The summed E-state index contributed by atoms with van der Waals surface area (Å²) in [6.07, 6.45) is 3.05. The minimum atomic E-state index is -0.871. The van der Waals surface area contributed by atoms with E-state index in [1.807, 2.05) is 16.8 Å². The number of anilines is 1. The fraction of sp³-hybridized carbons (Fsp3) is 0.150. The van der Waals surface area contributed by atoms with Gasteiger partial charge in [0.2, 0.25) is 0 Å². The molecule has 2 heterocycles. The number of nitrogens with two attached hydrogens (primary N) is 1. The minimum Gasteiger partial charge on any atom is -0.505 e. The molecule has 4 aromatic rings. The van der Waals surface area contributed by atoms with E-state index >= 15 is 0 Å². The number of rotatable bonds is 2. The lowest BCUT2D eigenvalue weighted by molar-refractivity contribution is 0.433. The van der Waals surface area contributed by atoms with Crippen LogP contribution in [-0.4, -0.2) is 24.9 Å². The van der Waals surface area contributed by atoms with Crippen LogP contribution in [0.25, 0.3) is 22.3 Å². The summed E-state index contributed by atoms with van der Waals surface area (Å²) in [6, 6.07) is 11.1. The normalized spacial score (nSPS) is 13.9. The van der Waals surface area contributed by atoms with Gasteiger partial charge >= 0.3 is 0 Å². The van der Waals surface area contributed by atoms with Crippen molar-refractivity contribution in [3.8, 4) is 17.0 Å². The number of benzene rings is 2. The Morgan fingerprint density at radius 1 is 1.14 bits per heavy atom. The van der Waals surface area contributed by atoms with Crippen molar-refractivity contribution in [2.45, 2.75) is 18.9 Å². The Morgan fingerprint density at radius 2 is 1.86 bits per heavy atom. The zero-order valence-electron chi connectivity index (χ0n) is 14.6. The first-order valence-electron chi connectivity index (χ1n) is 8.76. The molecule has 0 spiro atoms. The zero-order chi connectivity index (χ0) is 19.4. The van der Waals surface area contributed by atoms with Crippen LogP contribution in [-0.2, 0) is 12.8 Å². The highest BCUT2D eigenvalue weighted by Crippen LogP contribution is 2.38. The molecule has 0 fully saturated rings. The van der Waals surface area contributed by atoms with Crippen LogP contribution in [0, 0.1) is 5.82 Å². The van der Waals surface area contributed by atoms with Crippen LogP contribution in [0.1, 0.15) is 17.2 Å². The highest BCUT2D eigenvalue weighted by atomic mass is 35.5. The molecule has 6 nitrogen and oxygen atoms in total. The number of phenolic OH excluding ortho intramolecular Hbond substituents is 1. The van der Waals surface area contributed by atoms with E-state index in [1.54, 1.807) is 0 Å². The van der Waals surface area contributed by atoms with Crippen LogP contribution in [0.2, 0.25) is 5.02 Å². The summed E-state index contributed by atoms with van der Waals surface area (Å²) in [7, 11) is 0. The molecule has 0 atom stereocenters. The van der Waals surface area contributed by atoms with Gasteiger partial charge in [0.25, 0.3) is 0 Å². The molecule has 8 heteroatoms. The molecule has 0 amide bonds. The van der Waals surface area contributed by atoms with Crippen LogP contribution >= 0.6 is 11.6 Å². The first kappa shape index (κ1) is 16.9. The summed E-state index contributed by atoms with van der Waals surface area (Å²) in [5.41, 5.74) is 10.2. The topological polar surface area (TPSA) is 89.8 Å². The van der Waals surface area contributed by atoms with Crippen molar-refractivity contribution >= 4 is 28.5 Å². The lowest BCUT2D eigenvalue weighted by atomic mass is 10.1. The number of nitrogens with zero attached hydrogens (tertiary/aromatic N) is 4. The average molecular weight is 396 g/mol. The maximum absolute atomic E-state index is 13.8. The highest BCUT2D eigenvalue weighted by Gasteiger charge is 2.28. The Labute approximate surface area is 164 Å². The number of aromatic hydroxyl groups is 1. The van der Waals surface area contributed by atoms with Gasteiger partial charge in [0.05, 0.1) is 16.5 Å². The fourth-order valence-corrected chi connectivity index (χ4v) is 4.09. The van der Waals surface area contributed by atoms with Gasteiger partial charge in [-0.2, -0.15) is 5.10 Å². The summed E-state index contributed by atoms with van der Waals surface area (Å²) >= 11 is 5.92. The number of aromatic nitrogens is 4. The molecule has 1 aliphatic rings. The fourth-order valence-electron chi connectivity index (χ4n) is 3.87. The van der Waals surface area contributed by atoms with Crippen molar-refractivity contribution in [1.82, 2.24) is 19.7 Å². The number of fused-ring (bicyclic) bond motifs is 2. The van der Waals surface area contributed by atoms with Gasteiger partial charge in [0.15, 0.2) is 17.2 Å². The third-order valence-corrected chi connectivity index (χ3v) is 5.45. The number of nitrogen functional groups attached to an aromatic ring is 1. The summed E-state index contributed by atoms with van der Waals surface area (Å²) < 4.78 is 15.6. The summed E-state index contributed by atoms with van der Waals surface area (Å²) in [5.74, 6) is -1.15. The molecule has 1 aliphatic carbocycles. The van der Waals surface area contributed by atoms with Gasteiger partial charge in [-0.15, -0.1) is 0 Å². The van der Waals surface area contributed by atoms with Crippen molar-refractivity contribution in [1.29, 1.82) is 0 Å². The molecule has 0 saturated heterocycles. The van der Waals surface area contributed by atoms with E-state index in [9.17, 15) is 9.50 Å². The molecule has 0 unspecified atom stereocenters. The Hall–Kier alpha value is -3.19. The van der Waals surface area contributed by atoms with Gasteiger partial charge in [-0.05, 0) is 36.1 Å². The predicted octanol–water partition coefficient (Wildman–Crippen LogP) is 3.91. The summed E-state index contributed by atoms with van der Waals surface area (Å²) in [5, 5.41) is 15.0. The molecule has 0 saturated carbocycles. The minimum absolute atomic E-state index is 0.0764. The molecule has 28 heavy (non-hydrogen) atoms. The van der Waals surface area contributed by atoms with Crippen LogP contribution in [0.3, 0.4) is 0 Å². The van der Waals surface area contributed by atoms with Gasteiger partial charge in [-0.25, -0.2) is 19.0 Å². The number of phenols is 1. The molecule has 0 bridgehead atoms. The van der Waals surface area contributed by atoms with E-state index in [0.717, 1.165) is 12.8 Å². The first-order valence-corrected chi connectivity index (χ1v) is 9.14. The van der Waals surface area contributed by atoms with Crippen LogP contribution in [0.5, 0.6) is 5.75 Å². The smallest absolute Gasteiger partial charge is 0.183 e. The maximum Gasteiger partial charge on any atom is 0.183 e. The van der Waals surface area contributed by atoms with Crippen molar-refractivity contribution in [2.75, 3.05) is 5.73 Å². The second-order valence-electron chi connectivity index (χ2n) is 6.87. The first-order chi connectivity index (χ1) is 13.5. The monoisotopic (exact) mass is 395 g/mol. The van der Waals surface area contributed by atoms with Crippen molar-refractivity contribution < 1.29 is 9.50 Å². The molecule has 5 rings (SSSR count). The van der Waals surface area contributed by atoms with Crippen LogP contribution in [0.4, 0.5) is 10.2 Å². The number of hydrogen-bond acceptors (Lipinski definition) is 5. The van der Waals surface area contributed by atoms with Crippen LogP contribution in [0.15, 0.2) is 42.7 Å². The molecule has 3 N–H and O–H groups in total. The molecular formula is C20H15ClFN5O. The second-order valence-corrected chi connectivity index (χ2v) is 7.28. The van der Waals surface area contributed by atoms with Gasteiger partial charge in [0, 0.05) is 5.56 Å². The van der Waals surface area contributed by atoms with Gasteiger partial charge in [0.1, 0.15) is 17.8 Å². The zero-order valence-corrected chi connectivity index (χ0v) is 15.4. The molecule has 0 aliphatic heterocycles. The molecule has 140 valence electrons. The van der Waals surface area contributed by atoms with Crippen LogP contribution < -0.4 is 5.73 Å². The Bertz CT molecular complexity index is 1190. The highest BCUT2D eigenvalue weighted by molar-refractivity contribution is 6.31. The lowest BCUT2D eigenvalue weighted by Crippen LogP contribution is -2.11. The van der Waals surface area contributed by atoms with E-state index in [0.29, 0.717) is 22.3 Å². The summed E-state index contributed by atoms with van der Waals surface area (Å²) in [6.45, 7) is 0. The number of hydrogen-bond donors (Lipinski definition) is 2. The molecule has 0 radical (unpaired) electrons. The Balaban J connectivity index is 1.70.